The maximum atomic E-state index is 12.5. The van der Waals surface area contributed by atoms with Crippen molar-refractivity contribution in [3.63, 3.8) is 0 Å². The molecule has 1 aliphatic rings. The number of carbonyl (C=O) groups is 2. The molecule has 0 atom stereocenters. The van der Waals surface area contributed by atoms with Crippen molar-refractivity contribution >= 4 is 45.7 Å². The number of nitrogens with zero attached hydrogens (tertiary/aromatic N) is 1. The number of thioether (sulfide) groups is 1. The van der Waals surface area contributed by atoms with Crippen LogP contribution in [-0.4, -0.2) is 29.3 Å². The molecule has 0 aromatic heterocycles. The highest BCUT2D eigenvalue weighted by Crippen LogP contribution is 2.34. The highest BCUT2D eigenvalue weighted by molar-refractivity contribution is 8.14. The Labute approximate surface area is 193 Å². The SMILES string of the molecule is CCOC(=O)CC1=CC(SCC(=O)Nc2cccc(CC)c2)=Nc2cc(C)c(C)cc2N1. The first-order valence-electron chi connectivity index (χ1n) is 10.7. The summed E-state index contributed by atoms with van der Waals surface area (Å²) in [6.45, 7) is 8.26. The number of ether oxygens (including phenoxy) is 1. The Bertz CT molecular complexity index is 1080. The Kier molecular flexibility index (Phi) is 8.11. The molecule has 1 aliphatic heterocycles. The summed E-state index contributed by atoms with van der Waals surface area (Å²) in [5.41, 5.74) is 6.51. The van der Waals surface area contributed by atoms with Crippen LogP contribution in [-0.2, 0) is 20.7 Å². The lowest BCUT2D eigenvalue weighted by atomic mass is 10.1. The average Bonchev–Trinajstić information content (AvgIpc) is 2.91. The number of aryl methyl sites for hydroxylation is 3. The van der Waals surface area contributed by atoms with E-state index in [9.17, 15) is 9.59 Å². The molecule has 0 radical (unpaired) electrons. The predicted octanol–water partition coefficient (Wildman–Crippen LogP) is 5.53. The van der Waals surface area contributed by atoms with Crippen molar-refractivity contribution < 1.29 is 14.3 Å². The van der Waals surface area contributed by atoms with Crippen LogP contribution in [0.3, 0.4) is 0 Å². The molecule has 32 heavy (non-hydrogen) atoms. The van der Waals surface area contributed by atoms with Gasteiger partial charge in [-0.25, -0.2) is 4.99 Å². The molecule has 2 N–H and O–H groups in total. The average molecular weight is 452 g/mol. The largest absolute Gasteiger partial charge is 0.466 e. The molecular weight excluding hydrogens is 422 g/mol. The van der Waals surface area contributed by atoms with Crippen molar-refractivity contribution in [3.8, 4) is 0 Å². The summed E-state index contributed by atoms with van der Waals surface area (Å²) in [4.78, 5) is 29.4. The molecule has 2 aromatic carbocycles. The summed E-state index contributed by atoms with van der Waals surface area (Å²) in [5.74, 6) is -0.210. The Hall–Kier alpha value is -3.06. The van der Waals surface area contributed by atoms with Crippen LogP contribution in [0.25, 0.3) is 0 Å². The Morgan fingerprint density at radius 3 is 2.66 bits per heavy atom. The van der Waals surface area contributed by atoms with Gasteiger partial charge in [0.15, 0.2) is 0 Å². The monoisotopic (exact) mass is 451 g/mol. The van der Waals surface area contributed by atoms with E-state index in [2.05, 4.69) is 17.6 Å². The third-order valence-corrected chi connectivity index (χ3v) is 5.96. The van der Waals surface area contributed by atoms with Crippen LogP contribution in [0.5, 0.6) is 0 Å². The minimum Gasteiger partial charge on any atom is -0.466 e. The zero-order valence-electron chi connectivity index (χ0n) is 19.0. The Morgan fingerprint density at radius 1 is 1.12 bits per heavy atom. The fraction of sp³-hybridized carbons (Fsp3) is 0.320. The smallest absolute Gasteiger partial charge is 0.311 e. The molecule has 0 fully saturated rings. The Balaban J connectivity index is 1.77. The van der Waals surface area contributed by atoms with Gasteiger partial charge in [0.2, 0.25) is 5.91 Å². The van der Waals surface area contributed by atoms with Gasteiger partial charge in [-0.3, -0.25) is 9.59 Å². The van der Waals surface area contributed by atoms with Crippen LogP contribution in [0.15, 0.2) is 53.2 Å². The van der Waals surface area contributed by atoms with Gasteiger partial charge in [-0.1, -0.05) is 30.8 Å². The van der Waals surface area contributed by atoms with Crippen molar-refractivity contribution in [1.29, 1.82) is 0 Å². The summed E-state index contributed by atoms with van der Waals surface area (Å²) in [6, 6.07) is 11.9. The maximum absolute atomic E-state index is 12.5. The summed E-state index contributed by atoms with van der Waals surface area (Å²) in [5, 5.41) is 6.92. The highest BCUT2D eigenvalue weighted by atomic mass is 32.2. The summed E-state index contributed by atoms with van der Waals surface area (Å²) in [7, 11) is 0. The molecule has 0 aliphatic carbocycles. The van der Waals surface area contributed by atoms with E-state index in [1.807, 2.05) is 56.3 Å². The molecule has 168 valence electrons. The molecule has 1 heterocycles. The lowest BCUT2D eigenvalue weighted by molar-refractivity contribution is -0.142. The zero-order chi connectivity index (χ0) is 23.1. The molecule has 2 aromatic rings. The number of rotatable bonds is 7. The van der Waals surface area contributed by atoms with Gasteiger partial charge in [0, 0.05) is 11.4 Å². The van der Waals surface area contributed by atoms with E-state index in [-0.39, 0.29) is 24.1 Å². The first-order valence-corrected chi connectivity index (χ1v) is 11.7. The molecular formula is C25H29N3O3S. The molecule has 1 amide bonds. The van der Waals surface area contributed by atoms with Crippen molar-refractivity contribution in [2.75, 3.05) is 23.0 Å². The van der Waals surface area contributed by atoms with Gasteiger partial charge in [-0.05, 0) is 74.2 Å². The van der Waals surface area contributed by atoms with Gasteiger partial charge in [-0.2, -0.15) is 0 Å². The second kappa shape index (κ2) is 11.0. The van der Waals surface area contributed by atoms with Crippen molar-refractivity contribution in [1.82, 2.24) is 0 Å². The third-order valence-electron chi connectivity index (χ3n) is 5.05. The normalized spacial score (nSPS) is 12.6. The number of hydrogen-bond acceptors (Lipinski definition) is 6. The third kappa shape index (κ3) is 6.47. The first kappa shape index (κ1) is 23.6. The predicted molar refractivity (Wildman–Crippen MR) is 133 cm³/mol. The lowest BCUT2D eigenvalue weighted by Crippen LogP contribution is -2.15. The zero-order valence-corrected chi connectivity index (χ0v) is 19.8. The first-order chi connectivity index (χ1) is 15.4. The van der Waals surface area contributed by atoms with Crippen molar-refractivity contribution in [2.24, 2.45) is 4.99 Å². The number of hydrogen-bond donors (Lipinski definition) is 2. The number of esters is 1. The highest BCUT2D eigenvalue weighted by Gasteiger charge is 2.17. The van der Waals surface area contributed by atoms with E-state index in [1.54, 1.807) is 6.92 Å². The quantitative estimate of drug-likeness (QED) is 0.541. The van der Waals surface area contributed by atoms with Gasteiger partial charge in [-0.15, -0.1) is 0 Å². The minimum absolute atomic E-state index is 0.107. The van der Waals surface area contributed by atoms with Crippen molar-refractivity contribution in [3.05, 3.63) is 64.9 Å². The van der Waals surface area contributed by atoms with Crippen LogP contribution in [0.4, 0.5) is 17.1 Å². The lowest BCUT2D eigenvalue weighted by Gasteiger charge is -2.12. The standard InChI is InChI=1S/C25H29N3O3S/c1-5-18-8-7-9-19(12-18)27-23(29)15-32-24-13-20(14-25(30)31-6-2)26-21-10-16(3)17(4)11-22(21)28-24/h7-13,26H,5-6,14-15H2,1-4H3,(H,27,29). The number of benzene rings is 2. The van der Waals surface area contributed by atoms with Crippen molar-refractivity contribution in [2.45, 2.75) is 40.5 Å². The van der Waals surface area contributed by atoms with E-state index in [4.69, 9.17) is 9.73 Å². The van der Waals surface area contributed by atoms with Crippen LogP contribution in [0.1, 0.15) is 37.0 Å². The molecule has 7 heteroatoms. The van der Waals surface area contributed by atoms with Crippen LogP contribution < -0.4 is 10.6 Å². The molecule has 0 unspecified atom stereocenters. The van der Waals surface area contributed by atoms with E-state index in [0.717, 1.165) is 34.6 Å². The number of aliphatic imine (C=N–C) groups is 1. The molecule has 0 spiro atoms. The van der Waals surface area contributed by atoms with Crippen LogP contribution in [0.2, 0.25) is 0 Å². The summed E-state index contributed by atoms with van der Waals surface area (Å²) >= 11 is 1.34. The number of carbonyl (C=O) groups excluding carboxylic acids is 2. The van der Waals surface area contributed by atoms with Gasteiger partial charge in [0.1, 0.15) is 0 Å². The van der Waals surface area contributed by atoms with Crippen LogP contribution >= 0.6 is 11.8 Å². The van der Waals surface area contributed by atoms with E-state index < -0.39 is 0 Å². The van der Waals surface area contributed by atoms with Gasteiger partial charge in [0.05, 0.1) is 35.2 Å². The van der Waals surface area contributed by atoms with Gasteiger partial charge < -0.3 is 15.4 Å². The number of fused-ring (bicyclic) bond motifs is 1. The molecule has 3 rings (SSSR count). The second-order valence-corrected chi connectivity index (χ2v) is 8.57. The van der Waals surface area contributed by atoms with Gasteiger partial charge in [0.25, 0.3) is 0 Å². The minimum atomic E-state index is -0.309. The van der Waals surface area contributed by atoms with E-state index in [1.165, 1.54) is 17.3 Å². The summed E-state index contributed by atoms with van der Waals surface area (Å²) in [6.07, 6.45) is 2.83. The number of nitrogens with one attached hydrogen (secondary N) is 2. The fourth-order valence-corrected chi connectivity index (χ4v) is 3.98. The van der Waals surface area contributed by atoms with E-state index in [0.29, 0.717) is 17.3 Å². The fourth-order valence-electron chi connectivity index (χ4n) is 3.24. The van der Waals surface area contributed by atoms with Crippen LogP contribution in [0, 0.1) is 13.8 Å². The molecule has 6 nitrogen and oxygen atoms in total. The number of amides is 1. The Morgan fingerprint density at radius 2 is 1.91 bits per heavy atom. The molecule has 0 saturated heterocycles. The topological polar surface area (TPSA) is 79.8 Å². The molecule has 0 bridgehead atoms. The van der Waals surface area contributed by atoms with Gasteiger partial charge >= 0.3 is 5.97 Å². The maximum Gasteiger partial charge on any atom is 0.311 e. The molecule has 0 saturated carbocycles. The number of anilines is 2. The second-order valence-electron chi connectivity index (χ2n) is 7.57. The van der Waals surface area contributed by atoms with E-state index >= 15 is 0 Å². The summed E-state index contributed by atoms with van der Waals surface area (Å²) < 4.78 is 5.10.